The molecule has 0 heterocycles. The van der Waals surface area contributed by atoms with Gasteiger partial charge in [-0.1, -0.05) is 12.8 Å². The Morgan fingerprint density at radius 1 is 1.50 bits per heavy atom. The summed E-state index contributed by atoms with van der Waals surface area (Å²) in [5.41, 5.74) is 0. The fourth-order valence-corrected chi connectivity index (χ4v) is 1.67. The van der Waals surface area contributed by atoms with E-state index in [4.69, 9.17) is 0 Å². The molecule has 0 aliphatic heterocycles. The third-order valence-corrected chi connectivity index (χ3v) is 2.39. The monoisotopic (exact) mass is 140 g/mol. The molecule has 0 saturated heterocycles. The molecule has 2 heteroatoms. The van der Waals surface area contributed by atoms with Gasteiger partial charge in [-0.3, -0.25) is 4.79 Å². The molecule has 0 bridgehead atoms. The van der Waals surface area contributed by atoms with Crippen LogP contribution in [0.5, 0.6) is 0 Å². The molecule has 1 atom stereocenters. The molecular weight excluding hydrogens is 126 g/mol. The maximum atomic E-state index is 9.94. The van der Waals surface area contributed by atoms with Gasteiger partial charge in [0, 0.05) is 6.04 Å². The Balaban J connectivity index is 2.24. The van der Waals surface area contributed by atoms with Crippen LogP contribution in [0.4, 0.5) is 0 Å². The molecule has 0 aromatic rings. The Labute approximate surface area is 62.0 Å². The van der Waals surface area contributed by atoms with E-state index < -0.39 is 0 Å². The van der Waals surface area contributed by atoms with Crippen molar-refractivity contribution in [3.05, 3.63) is 0 Å². The fourth-order valence-electron chi connectivity index (χ4n) is 1.67. The molecule has 1 aliphatic carbocycles. The Kier molecular flexibility index (Phi) is 2.72. The predicted molar refractivity (Wildman–Crippen MR) is 40.2 cm³/mol. The number of carbonyl (C=O) groups excluding carboxylic acids is 1. The first kappa shape index (κ1) is 7.58. The highest BCUT2D eigenvalue weighted by Crippen LogP contribution is 2.27. The zero-order valence-electron chi connectivity index (χ0n) is 6.39. The highest BCUT2D eigenvalue weighted by Gasteiger charge is 2.20. The van der Waals surface area contributed by atoms with E-state index in [-0.39, 0.29) is 0 Å². The van der Waals surface area contributed by atoms with E-state index >= 15 is 0 Å². The molecule has 0 aromatic heterocycles. The van der Waals surface area contributed by atoms with Crippen LogP contribution in [0.15, 0.2) is 0 Å². The molecule has 57 valence electrons. The van der Waals surface area contributed by atoms with Gasteiger partial charge in [0.15, 0.2) is 0 Å². The summed E-state index contributed by atoms with van der Waals surface area (Å²) in [4.78, 5) is 9.94. The number of hydrogen-bond acceptors (Lipinski definition) is 1. The van der Waals surface area contributed by atoms with Crippen LogP contribution in [0.2, 0.25) is 0 Å². The summed E-state index contributed by atoms with van der Waals surface area (Å²) in [5, 5.41) is 2.68. The predicted octanol–water partition coefficient (Wildman–Crippen LogP) is 1.22. The van der Waals surface area contributed by atoms with E-state index in [9.17, 15) is 4.79 Å². The van der Waals surface area contributed by atoms with Crippen molar-refractivity contribution in [3.63, 3.8) is 0 Å². The van der Waals surface area contributed by atoms with Crippen LogP contribution >= 0.6 is 0 Å². The van der Waals surface area contributed by atoms with Crippen LogP contribution in [0.3, 0.4) is 0 Å². The summed E-state index contributed by atoms with van der Waals surface area (Å²) in [7, 11) is 0. The zero-order chi connectivity index (χ0) is 7.40. The molecule has 1 unspecified atom stereocenters. The molecule has 1 aliphatic rings. The summed E-state index contributed by atoms with van der Waals surface area (Å²) < 4.78 is 0. The molecule has 1 radical (unpaired) electrons. The summed E-state index contributed by atoms with van der Waals surface area (Å²) in [6.07, 6.45) is 6.95. The van der Waals surface area contributed by atoms with Crippen molar-refractivity contribution in [2.45, 2.75) is 38.6 Å². The Morgan fingerprint density at radius 2 is 2.10 bits per heavy atom. The first-order chi connectivity index (χ1) is 4.84. The van der Waals surface area contributed by atoms with E-state index in [1.165, 1.54) is 25.7 Å². The second-order valence-electron chi connectivity index (χ2n) is 3.08. The first-order valence-electron chi connectivity index (χ1n) is 3.97. The maximum Gasteiger partial charge on any atom is 0.309 e. The summed E-state index contributed by atoms with van der Waals surface area (Å²) in [6.45, 7) is 2.06. The number of rotatable bonds is 3. The molecule has 1 saturated carbocycles. The average molecular weight is 140 g/mol. The highest BCUT2D eigenvalue weighted by atomic mass is 16.1. The van der Waals surface area contributed by atoms with Gasteiger partial charge >= 0.3 is 6.41 Å². The van der Waals surface area contributed by atoms with Crippen molar-refractivity contribution in [3.8, 4) is 0 Å². The van der Waals surface area contributed by atoms with E-state index in [0.717, 1.165) is 0 Å². The molecule has 2 nitrogen and oxygen atoms in total. The molecule has 1 amide bonds. The number of nitrogens with one attached hydrogen (secondary N) is 1. The van der Waals surface area contributed by atoms with Crippen molar-refractivity contribution in [1.29, 1.82) is 0 Å². The van der Waals surface area contributed by atoms with Crippen LogP contribution in [-0.4, -0.2) is 12.5 Å². The van der Waals surface area contributed by atoms with Crippen molar-refractivity contribution in [2.24, 2.45) is 5.92 Å². The fraction of sp³-hybridized carbons (Fsp3) is 0.875. The maximum absolute atomic E-state index is 9.94. The normalized spacial score (nSPS) is 22.5. The lowest BCUT2D eigenvalue weighted by molar-refractivity contribution is 0.414. The molecular formula is C8H14NO. The standard InChI is InChI=1S/C8H14NO/c1-7(9-6-10)8-4-2-3-5-8/h7-8H,2-5H2,1H3,(H,9,10). The number of hydrogen-bond donors (Lipinski definition) is 1. The molecule has 1 fully saturated rings. The van der Waals surface area contributed by atoms with E-state index in [1.54, 1.807) is 6.41 Å². The minimum absolute atomic E-state index is 0.333. The van der Waals surface area contributed by atoms with Crippen molar-refractivity contribution < 1.29 is 4.79 Å². The Morgan fingerprint density at radius 3 is 2.60 bits per heavy atom. The van der Waals surface area contributed by atoms with Gasteiger partial charge in [0.25, 0.3) is 0 Å². The Hall–Kier alpha value is -0.530. The van der Waals surface area contributed by atoms with Crippen LogP contribution in [0.1, 0.15) is 32.6 Å². The van der Waals surface area contributed by atoms with E-state index in [0.29, 0.717) is 12.0 Å². The second-order valence-corrected chi connectivity index (χ2v) is 3.08. The Bertz CT molecular complexity index is 108. The molecule has 10 heavy (non-hydrogen) atoms. The quantitative estimate of drug-likeness (QED) is 0.587. The van der Waals surface area contributed by atoms with Crippen molar-refractivity contribution >= 4 is 6.41 Å². The van der Waals surface area contributed by atoms with Gasteiger partial charge in [-0.15, -0.1) is 0 Å². The molecule has 0 aromatic carbocycles. The van der Waals surface area contributed by atoms with Crippen molar-refractivity contribution in [1.82, 2.24) is 5.32 Å². The largest absolute Gasteiger partial charge is 0.345 e. The van der Waals surface area contributed by atoms with E-state index in [1.807, 2.05) is 0 Å². The molecule has 1 N–H and O–H groups in total. The van der Waals surface area contributed by atoms with Gasteiger partial charge in [-0.25, -0.2) is 0 Å². The molecule has 1 rings (SSSR count). The van der Waals surface area contributed by atoms with Crippen LogP contribution < -0.4 is 5.32 Å². The van der Waals surface area contributed by atoms with Gasteiger partial charge in [0.2, 0.25) is 0 Å². The average Bonchev–Trinajstić information content (AvgIpc) is 2.38. The summed E-state index contributed by atoms with van der Waals surface area (Å²) >= 11 is 0. The third-order valence-electron chi connectivity index (χ3n) is 2.39. The lowest BCUT2D eigenvalue weighted by Gasteiger charge is -2.16. The lowest BCUT2D eigenvalue weighted by atomic mass is 10.0. The minimum Gasteiger partial charge on any atom is -0.345 e. The van der Waals surface area contributed by atoms with Gasteiger partial charge in [0.05, 0.1) is 0 Å². The summed E-state index contributed by atoms with van der Waals surface area (Å²) in [6, 6.07) is 0.333. The number of amides is 1. The SMILES string of the molecule is CC(N[C]=O)C1CCCC1. The van der Waals surface area contributed by atoms with Gasteiger partial charge in [-0.05, 0) is 25.7 Å². The lowest BCUT2D eigenvalue weighted by Crippen LogP contribution is -2.30. The third kappa shape index (κ3) is 1.72. The second kappa shape index (κ2) is 3.59. The highest BCUT2D eigenvalue weighted by molar-refractivity contribution is 5.47. The van der Waals surface area contributed by atoms with Crippen molar-refractivity contribution in [2.75, 3.05) is 0 Å². The zero-order valence-corrected chi connectivity index (χ0v) is 6.39. The van der Waals surface area contributed by atoms with Crippen LogP contribution in [0, 0.1) is 5.92 Å². The van der Waals surface area contributed by atoms with Crippen LogP contribution in [0.25, 0.3) is 0 Å². The van der Waals surface area contributed by atoms with Gasteiger partial charge in [0.1, 0.15) is 0 Å². The minimum atomic E-state index is 0.333. The van der Waals surface area contributed by atoms with Gasteiger partial charge < -0.3 is 5.32 Å². The smallest absolute Gasteiger partial charge is 0.309 e. The van der Waals surface area contributed by atoms with E-state index in [2.05, 4.69) is 12.2 Å². The van der Waals surface area contributed by atoms with Crippen LogP contribution in [-0.2, 0) is 4.79 Å². The molecule has 0 spiro atoms. The summed E-state index contributed by atoms with van der Waals surface area (Å²) in [5.74, 6) is 0.710. The van der Waals surface area contributed by atoms with Gasteiger partial charge in [-0.2, -0.15) is 0 Å². The topological polar surface area (TPSA) is 29.1 Å². The first-order valence-corrected chi connectivity index (χ1v) is 3.97.